The van der Waals surface area contributed by atoms with Crippen molar-refractivity contribution >= 4 is 17.5 Å². The predicted octanol–water partition coefficient (Wildman–Crippen LogP) is 2.89. The number of rotatable bonds is 6. The van der Waals surface area contributed by atoms with Crippen LogP contribution in [0, 0.1) is 6.92 Å². The molecule has 1 heterocycles. The van der Waals surface area contributed by atoms with E-state index in [4.69, 9.17) is 11.6 Å². The minimum absolute atomic E-state index is 0.0653. The van der Waals surface area contributed by atoms with Crippen LogP contribution in [0.5, 0.6) is 0 Å². The largest absolute Gasteiger partial charge is 0.352 e. The molecule has 2 aromatic carbocycles. The van der Waals surface area contributed by atoms with Crippen molar-refractivity contribution < 1.29 is 4.79 Å². The van der Waals surface area contributed by atoms with Crippen molar-refractivity contribution in [1.82, 2.24) is 19.2 Å². The third-order valence-corrected chi connectivity index (χ3v) is 5.21. The van der Waals surface area contributed by atoms with Gasteiger partial charge in [-0.2, -0.15) is 9.78 Å². The standard InChI is InChI=1S/C22H23ClN4O3/c1-4-25(5-2)20(28)19-21(29)26(14-16-10-6-7-12-18(16)23)22(30)27(24-19)17-11-8-9-15(3)13-17/h6-13H,4-5,14H2,1-3H3. The van der Waals surface area contributed by atoms with Crippen LogP contribution >= 0.6 is 11.6 Å². The van der Waals surface area contributed by atoms with Crippen LogP contribution in [0.15, 0.2) is 58.1 Å². The molecule has 0 unspecified atom stereocenters. The van der Waals surface area contributed by atoms with Crippen LogP contribution in [-0.2, 0) is 6.54 Å². The van der Waals surface area contributed by atoms with Crippen molar-refractivity contribution in [2.45, 2.75) is 27.3 Å². The highest BCUT2D eigenvalue weighted by Crippen LogP contribution is 2.15. The average Bonchev–Trinajstić information content (AvgIpc) is 2.73. The van der Waals surface area contributed by atoms with E-state index in [1.165, 1.54) is 4.90 Å². The number of benzene rings is 2. The Morgan fingerprint density at radius 3 is 2.40 bits per heavy atom. The van der Waals surface area contributed by atoms with Crippen molar-refractivity contribution in [2.24, 2.45) is 0 Å². The molecule has 0 aliphatic rings. The summed E-state index contributed by atoms with van der Waals surface area (Å²) in [4.78, 5) is 40.8. The first-order chi connectivity index (χ1) is 14.4. The molecule has 0 aliphatic carbocycles. The minimum atomic E-state index is -0.735. The normalized spacial score (nSPS) is 10.8. The molecule has 0 spiro atoms. The first-order valence-corrected chi connectivity index (χ1v) is 10.1. The van der Waals surface area contributed by atoms with Crippen LogP contribution in [0.25, 0.3) is 5.69 Å². The average molecular weight is 427 g/mol. The summed E-state index contributed by atoms with van der Waals surface area (Å²) in [5, 5.41) is 4.60. The van der Waals surface area contributed by atoms with Crippen LogP contribution in [0.2, 0.25) is 5.02 Å². The number of hydrogen-bond donors (Lipinski definition) is 0. The maximum Gasteiger partial charge on any atom is 0.352 e. The van der Waals surface area contributed by atoms with E-state index in [0.29, 0.717) is 29.4 Å². The summed E-state index contributed by atoms with van der Waals surface area (Å²) in [6, 6.07) is 14.1. The summed E-state index contributed by atoms with van der Waals surface area (Å²) in [5.74, 6) is -0.515. The van der Waals surface area contributed by atoms with Gasteiger partial charge in [0, 0.05) is 18.1 Å². The topological polar surface area (TPSA) is 77.2 Å². The van der Waals surface area contributed by atoms with Crippen molar-refractivity contribution in [3.63, 3.8) is 0 Å². The third kappa shape index (κ3) is 4.21. The Bertz CT molecular complexity index is 1200. The van der Waals surface area contributed by atoms with Gasteiger partial charge in [0.05, 0.1) is 12.2 Å². The summed E-state index contributed by atoms with van der Waals surface area (Å²) in [5.41, 5.74) is 0.318. The second kappa shape index (κ2) is 9.09. The summed E-state index contributed by atoms with van der Waals surface area (Å²) in [7, 11) is 0. The fourth-order valence-corrected chi connectivity index (χ4v) is 3.37. The highest BCUT2D eigenvalue weighted by Gasteiger charge is 2.23. The Balaban J connectivity index is 2.27. The molecule has 0 bridgehead atoms. The zero-order valence-electron chi connectivity index (χ0n) is 17.1. The summed E-state index contributed by atoms with van der Waals surface area (Å²) < 4.78 is 2.11. The molecule has 156 valence electrons. The Morgan fingerprint density at radius 2 is 1.77 bits per heavy atom. The van der Waals surface area contributed by atoms with Crippen molar-refractivity contribution in [3.8, 4) is 5.69 Å². The van der Waals surface area contributed by atoms with E-state index < -0.39 is 17.2 Å². The number of amides is 1. The van der Waals surface area contributed by atoms with Crippen molar-refractivity contribution in [1.29, 1.82) is 0 Å². The van der Waals surface area contributed by atoms with Crippen LogP contribution in [0.4, 0.5) is 0 Å². The van der Waals surface area contributed by atoms with Crippen LogP contribution < -0.4 is 11.2 Å². The van der Waals surface area contributed by atoms with E-state index in [2.05, 4.69) is 5.10 Å². The van der Waals surface area contributed by atoms with E-state index in [9.17, 15) is 14.4 Å². The molecule has 3 aromatic rings. The Labute approximate surface area is 179 Å². The van der Waals surface area contributed by atoms with Gasteiger partial charge in [0.15, 0.2) is 0 Å². The molecule has 30 heavy (non-hydrogen) atoms. The van der Waals surface area contributed by atoms with Crippen molar-refractivity contribution in [2.75, 3.05) is 13.1 Å². The molecule has 0 aliphatic heterocycles. The molecule has 0 N–H and O–H groups in total. The molecule has 1 amide bonds. The maximum atomic E-state index is 13.2. The Hall–Kier alpha value is -3.19. The van der Waals surface area contributed by atoms with E-state index in [1.807, 2.05) is 26.8 Å². The van der Waals surface area contributed by atoms with Gasteiger partial charge in [0.1, 0.15) is 0 Å². The SMILES string of the molecule is CCN(CC)C(=O)c1nn(-c2cccc(C)c2)c(=O)n(Cc2ccccc2Cl)c1=O. The number of hydrogen-bond acceptors (Lipinski definition) is 4. The summed E-state index contributed by atoms with van der Waals surface area (Å²) in [6.45, 7) is 6.30. The van der Waals surface area contributed by atoms with Gasteiger partial charge >= 0.3 is 5.69 Å². The highest BCUT2D eigenvalue weighted by molar-refractivity contribution is 6.31. The zero-order valence-corrected chi connectivity index (χ0v) is 17.9. The third-order valence-electron chi connectivity index (χ3n) is 4.85. The molecule has 3 rings (SSSR count). The minimum Gasteiger partial charge on any atom is -0.338 e. The molecule has 7 nitrogen and oxygen atoms in total. The monoisotopic (exact) mass is 426 g/mol. The van der Waals surface area contributed by atoms with Gasteiger partial charge in [-0.1, -0.05) is 41.9 Å². The van der Waals surface area contributed by atoms with Gasteiger partial charge in [-0.3, -0.25) is 14.2 Å². The lowest BCUT2D eigenvalue weighted by molar-refractivity contribution is 0.0761. The molecule has 0 fully saturated rings. The number of carbonyl (C=O) groups excluding carboxylic acids is 1. The predicted molar refractivity (Wildman–Crippen MR) is 117 cm³/mol. The smallest absolute Gasteiger partial charge is 0.338 e. The lowest BCUT2D eigenvalue weighted by atomic mass is 10.2. The molecule has 8 heteroatoms. The molecule has 0 saturated heterocycles. The van der Waals surface area contributed by atoms with Gasteiger partial charge in [0.2, 0.25) is 5.69 Å². The van der Waals surface area contributed by atoms with Gasteiger partial charge < -0.3 is 4.90 Å². The number of aryl methyl sites for hydroxylation is 1. The molecular formula is C22H23ClN4O3. The number of halogens is 1. The van der Waals surface area contributed by atoms with Crippen LogP contribution in [0.3, 0.4) is 0 Å². The number of aromatic nitrogens is 3. The van der Waals surface area contributed by atoms with Gasteiger partial charge in [0.25, 0.3) is 11.5 Å². The molecule has 0 radical (unpaired) electrons. The fourth-order valence-electron chi connectivity index (χ4n) is 3.17. The lowest BCUT2D eigenvalue weighted by Crippen LogP contribution is -2.46. The van der Waals surface area contributed by atoms with Crippen LogP contribution in [0.1, 0.15) is 35.5 Å². The second-order valence-electron chi connectivity index (χ2n) is 6.84. The fraction of sp³-hybridized carbons (Fsp3) is 0.273. The van der Waals surface area contributed by atoms with Crippen molar-refractivity contribution in [3.05, 3.63) is 91.2 Å². The molecule has 0 atom stereocenters. The first kappa shape index (κ1) is 21.5. The molecular weight excluding hydrogens is 404 g/mol. The second-order valence-corrected chi connectivity index (χ2v) is 7.25. The molecule has 0 saturated carbocycles. The van der Waals surface area contributed by atoms with E-state index in [-0.39, 0.29) is 12.2 Å². The van der Waals surface area contributed by atoms with E-state index in [1.54, 1.807) is 42.5 Å². The quantitative estimate of drug-likeness (QED) is 0.607. The number of carbonyl (C=O) groups is 1. The maximum absolute atomic E-state index is 13.2. The molecule has 1 aromatic heterocycles. The van der Waals surface area contributed by atoms with Gasteiger partial charge in [-0.25, -0.2) is 4.79 Å². The number of nitrogens with zero attached hydrogens (tertiary/aromatic N) is 4. The highest BCUT2D eigenvalue weighted by atomic mass is 35.5. The van der Waals surface area contributed by atoms with E-state index >= 15 is 0 Å². The Morgan fingerprint density at radius 1 is 1.07 bits per heavy atom. The first-order valence-electron chi connectivity index (χ1n) is 9.71. The zero-order chi connectivity index (χ0) is 21.8. The van der Waals surface area contributed by atoms with Crippen LogP contribution in [-0.4, -0.2) is 38.2 Å². The summed E-state index contributed by atoms with van der Waals surface area (Å²) in [6.07, 6.45) is 0. The van der Waals surface area contributed by atoms with Gasteiger partial charge in [-0.15, -0.1) is 0 Å². The van der Waals surface area contributed by atoms with Gasteiger partial charge in [-0.05, 0) is 50.1 Å². The summed E-state index contributed by atoms with van der Waals surface area (Å²) >= 11 is 6.24. The van der Waals surface area contributed by atoms with E-state index in [0.717, 1.165) is 14.8 Å². The lowest BCUT2D eigenvalue weighted by Gasteiger charge is -2.19. The Kier molecular flexibility index (Phi) is 6.52.